The number of ether oxygens (including phenoxy) is 2. The molecule has 0 aliphatic rings. The lowest BCUT2D eigenvalue weighted by molar-refractivity contribution is -0.384. The molecule has 0 fully saturated rings. The van der Waals surface area contributed by atoms with Crippen LogP contribution in [0.2, 0.25) is 0 Å². The number of nitro benzene ring substituents is 1. The molecular formula is C21H24N2O6. The van der Waals surface area contributed by atoms with Gasteiger partial charge >= 0.3 is 5.97 Å². The number of hydrogen-bond donors (Lipinski definition) is 1. The third-order valence-corrected chi connectivity index (χ3v) is 4.16. The average Bonchev–Trinajstić information content (AvgIpc) is 2.71. The molecule has 0 aliphatic heterocycles. The summed E-state index contributed by atoms with van der Waals surface area (Å²) in [5.41, 5.74) is 0.981. The number of non-ortho nitro benzene ring substituents is 1. The second-order valence-electron chi connectivity index (χ2n) is 6.68. The number of rotatable bonds is 9. The van der Waals surface area contributed by atoms with Crippen LogP contribution in [0.3, 0.4) is 0 Å². The number of esters is 1. The largest absolute Gasteiger partial charge is 0.494 e. The fourth-order valence-electron chi connectivity index (χ4n) is 2.55. The van der Waals surface area contributed by atoms with Gasteiger partial charge in [0.05, 0.1) is 11.5 Å². The Bertz CT molecular complexity index is 846. The van der Waals surface area contributed by atoms with Gasteiger partial charge in [0.2, 0.25) is 0 Å². The smallest absolute Gasteiger partial charge is 0.329 e. The van der Waals surface area contributed by atoms with Crippen LogP contribution in [0, 0.1) is 16.0 Å². The zero-order valence-corrected chi connectivity index (χ0v) is 16.6. The lowest BCUT2D eigenvalue weighted by Gasteiger charge is -2.21. The fraction of sp³-hybridized carbons (Fsp3) is 0.333. The Labute approximate surface area is 169 Å². The molecule has 0 radical (unpaired) electrons. The van der Waals surface area contributed by atoms with Crippen molar-refractivity contribution in [3.05, 3.63) is 69.8 Å². The minimum Gasteiger partial charge on any atom is -0.494 e. The number of nitrogens with one attached hydrogen (secondary N) is 1. The minimum atomic E-state index is -0.827. The molecule has 8 nitrogen and oxygen atoms in total. The van der Waals surface area contributed by atoms with Gasteiger partial charge < -0.3 is 14.8 Å². The molecule has 0 bridgehead atoms. The summed E-state index contributed by atoms with van der Waals surface area (Å²) in [6.07, 6.45) is 0. The number of amides is 1. The number of nitro groups is 1. The lowest BCUT2D eigenvalue weighted by atomic mass is 10.0. The number of benzene rings is 2. The quantitative estimate of drug-likeness (QED) is 0.392. The van der Waals surface area contributed by atoms with E-state index in [-0.39, 0.29) is 24.1 Å². The molecule has 1 atom stereocenters. The van der Waals surface area contributed by atoms with Gasteiger partial charge in [-0.1, -0.05) is 13.8 Å². The van der Waals surface area contributed by atoms with Crippen LogP contribution in [-0.2, 0) is 16.1 Å². The van der Waals surface area contributed by atoms with Gasteiger partial charge in [-0.3, -0.25) is 14.9 Å². The lowest BCUT2D eigenvalue weighted by Crippen LogP contribution is -2.45. The maximum absolute atomic E-state index is 12.5. The zero-order chi connectivity index (χ0) is 21.4. The third-order valence-electron chi connectivity index (χ3n) is 4.16. The van der Waals surface area contributed by atoms with Crippen molar-refractivity contribution in [2.45, 2.75) is 33.4 Å². The van der Waals surface area contributed by atoms with Crippen molar-refractivity contribution in [3.63, 3.8) is 0 Å². The van der Waals surface area contributed by atoms with E-state index in [1.165, 1.54) is 24.3 Å². The molecule has 0 saturated heterocycles. The second kappa shape index (κ2) is 10.2. The molecule has 0 saturated carbocycles. The summed E-state index contributed by atoms with van der Waals surface area (Å²) in [6, 6.07) is 11.5. The summed E-state index contributed by atoms with van der Waals surface area (Å²) in [4.78, 5) is 35.1. The van der Waals surface area contributed by atoms with E-state index in [1.807, 2.05) is 6.92 Å². The highest BCUT2D eigenvalue weighted by Gasteiger charge is 2.26. The molecule has 2 aromatic rings. The number of hydrogen-bond acceptors (Lipinski definition) is 6. The van der Waals surface area contributed by atoms with E-state index < -0.39 is 16.9 Å². The Balaban J connectivity index is 1.97. The normalized spacial score (nSPS) is 11.6. The summed E-state index contributed by atoms with van der Waals surface area (Å²) in [5.74, 6) is -0.491. The molecule has 0 spiro atoms. The molecular weight excluding hydrogens is 376 g/mol. The van der Waals surface area contributed by atoms with Crippen LogP contribution >= 0.6 is 0 Å². The molecule has 1 N–H and O–H groups in total. The molecule has 2 aromatic carbocycles. The first-order valence-corrected chi connectivity index (χ1v) is 9.25. The van der Waals surface area contributed by atoms with E-state index in [0.717, 1.165) is 0 Å². The van der Waals surface area contributed by atoms with Crippen molar-refractivity contribution < 1.29 is 24.0 Å². The van der Waals surface area contributed by atoms with E-state index >= 15 is 0 Å². The second-order valence-corrected chi connectivity index (χ2v) is 6.68. The minimum absolute atomic E-state index is 0.0391. The van der Waals surface area contributed by atoms with Crippen LogP contribution in [0.1, 0.15) is 36.7 Å². The Morgan fingerprint density at radius 3 is 2.21 bits per heavy atom. The van der Waals surface area contributed by atoms with Gasteiger partial charge in [-0.2, -0.15) is 0 Å². The van der Waals surface area contributed by atoms with Crippen LogP contribution < -0.4 is 10.1 Å². The summed E-state index contributed by atoms with van der Waals surface area (Å²) in [7, 11) is 0. The third kappa shape index (κ3) is 6.31. The zero-order valence-electron chi connectivity index (χ0n) is 16.6. The van der Waals surface area contributed by atoms with E-state index in [2.05, 4.69) is 5.32 Å². The first-order chi connectivity index (χ1) is 13.8. The first-order valence-electron chi connectivity index (χ1n) is 9.25. The van der Waals surface area contributed by atoms with Crippen molar-refractivity contribution >= 4 is 17.6 Å². The Morgan fingerprint density at radius 1 is 1.07 bits per heavy atom. The maximum atomic E-state index is 12.5. The first kappa shape index (κ1) is 21.9. The fourth-order valence-corrected chi connectivity index (χ4v) is 2.55. The van der Waals surface area contributed by atoms with E-state index in [9.17, 15) is 19.7 Å². The monoisotopic (exact) mass is 400 g/mol. The molecule has 8 heteroatoms. The molecule has 1 unspecified atom stereocenters. The Morgan fingerprint density at radius 2 is 1.69 bits per heavy atom. The topological polar surface area (TPSA) is 108 Å². The number of carbonyl (C=O) groups excluding carboxylic acids is 2. The Kier molecular flexibility index (Phi) is 7.70. The molecule has 29 heavy (non-hydrogen) atoms. The predicted molar refractivity (Wildman–Crippen MR) is 107 cm³/mol. The number of nitrogens with zero attached hydrogens (tertiary/aromatic N) is 1. The van der Waals surface area contributed by atoms with Crippen LogP contribution in [0.15, 0.2) is 48.5 Å². The van der Waals surface area contributed by atoms with E-state index in [4.69, 9.17) is 9.47 Å². The van der Waals surface area contributed by atoms with E-state index in [1.54, 1.807) is 38.1 Å². The van der Waals surface area contributed by atoms with E-state index in [0.29, 0.717) is 23.5 Å². The highest BCUT2D eigenvalue weighted by atomic mass is 16.6. The maximum Gasteiger partial charge on any atom is 0.329 e. The van der Waals surface area contributed by atoms with Crippen LogP contribution in [-0.4, -0.2) is 29.4 Å². The van der Waals surface area contributed by atoms with Crippen LogP contribution in [0.25, 0.3) is 0 Å². The standard InChI is InChI=1S/C21H24N2O6/c1-4-28-18-11-7-16(8-12-18)20(24)22-19(14(2)3)21(25)29-13-15-5-9-17(10-6-15)23(26)27/h5-12,14,19H,4,13H2,1-3H3,(H,22,24). The van der Waals surface area contributed by atoms with Crippen LogP contribution in [0.4, 0.5) is 5.69 Å². The van der Waals surface area contributed by atoms with Gasteiger partial charge in [-0.15, -0.1) is 0 Å². The SMILES string of the molecule is CCOc1ccc(C(=O)NC(C(=O)OCc2ccc([N+](=O)[O-])cc2)C(C)C)cc1. The van der Waals surface area contributed by atoms with Crippen molar-refractivity contribution in [3.8, 4) is 5.75 Å². The van der Waals surface area contributed by atoms with Gasteiger partial charge in [-0.25, -0.2) is 4.79 Å². The molecule has 0 heterocycles. The summed E-state index contributed by atoms with van der Waals surface area (Å²) < 4.78 is 10.6. The highest BCUT2D eigenvalue weighted by Crippen LogP contribution is 2.15. The molecule has 0 aliphatic carbocycles. The molecule has 2 rings (SSSR count). The average molecular weight is 400 g/mol. The number of carbonyl (C=O) groups is 2. The summed E-state index contributed by atoms with van der Waals surface area (Å²) in [6.45, 7) is 5.96. The Hall–Kier alpha value is -3.42. The van der Waals surface area contributed by atoms with Crippen molar-refractivity contribution in [1.29, 1.82) is 0 Å². The van der Waals surface area contributed by atoms with Gasteiger partial charge in [0.25, 0.3) is 11.6 Å². The van der Waals surface area contributed by atoms with Crippen molar-refractivity contribution in [1.82, 2.24) is 5.32 Å². The summed E-state index contributed by atoms with van der Waals surface area (Å²) in [5, 5.41) is 13.4. The van der Waals surface area contributed by atoms with Crippen molar-refractivity contribution in [2.75, 3.05) is 6.61 Å². The molecule has 1 amide bonds. The predicted octanol–water partition coefficient (Wildman–Crippen LogP) is 3.49. The highest BCUT2D eigenvalue weighted by molar-refractivity contribution is 5.96. The van der Waals surface area contributed by atoms with Gasteiger partial charge in [0, 0.05) is 17.7 Å². The molecule has 0 aromatic heterocycles. The summed E-state index contributed by atoms with van der Waals surface area (Å²) >= 11 is 0. The van der Waals surface area contributed by atoms with Gasteiger partial charge in [0.1, 0.15) is 18.4 Å². The van der Waals surface area contributed by atoms with Gasteiger partial charge in [-0.05, 0) is 54.8 Å². The van der Waals surface area contributed by atoms with Gasteiger partial charge in [0.15, 0.2) is 0 Å². The molecule has 154 valence electrons. The van der Waals surface area contributed by atoms with Crippen LogP contribution in [0.5, 0.6) is 5.75 Å². The van der Waals surface area contributed by atoms with Crippen molar-refractivity contribution in [2.24, 2.45) is 5.92 Å².